The van der Waals surface area contributed by atoms with E-state index in [0.717, 1.165) is 6.33 Å². The van der Waals surface area contributed by atoms with Crippen LogP contribution in [0.4, 0.5) is 11.5 Å². The van der Waals surface area contributed by atoms with Crippen molar-refractivity contribution in [2.45, 2.75) is 13.3 Å². The molecule has 0 saturated heterocycles. The van der Waals surface area contributed by atoms with Crippen LogP contribution in [0.5, 0.6) is 5.88 Å². The summed E-state index contributed by atoms with van der Waals surface area (Å²) in [7, 11) is 1.26. The Kier molecular flexibility index (Phi) is 4.98. The molecule has 1 unspecified atom stereocenters. The summed E-state index contributed by atoms with van der Waals surface area (Å²) in [4.78, 5) is 28.5. The van der Waals surface area contributed by atoms with Gasteiger partial charge in [0.15, 0.2) is 0 Å². The maximum Gasteiger partial charge on any atom is 0.372 e. The topological polar surface area (TPSA) is 127 Å². The first kappa shape index (κ1) is 14.6. The van der Waals surface area contributed by atoms with Crippen molar-refractivity contribution in [2.75, 3.05) is 19.0 Å². The fourth-order valence-corrected chi connectivity index (χ4v) is 1.43. The Hall–Kier alpha value is -2.45. The highest BCUT2D eigenvalue weighted by atomic mass is 16.6. The van der Waals surface area contributed by atoms with Gasteiger partial charge in [-0.1, -0.05) is 6.92 Å². The quantitative estimate of drug-likeness (QED) is 0.552. The minimum absolute atomic E-state index is 0.0346. The van der Waals surface area contributed by atoms with Crippen LogP contribution in [0.1, 0.15) is 13.3 Å². The second-order valence-corrected chi connectivity index (χ2v) is 3.66. The molecule has 19 heavy (non-hydrogen) atoms. The molecule has 104 valence electrons. The average Bonchev–Trinajstić information content (AvgIpc) is 2.38. The Bertz CT molecular complexity index is 479. The van der Waals surface area contributed by atoms with E-state index in [-0.39, 0.29) is 18.2 Å². The maximum atomic E-state index is 10.9. The molecule has 1 atom stereocenters. The van der Waals surface area contributed by atoms with E-state index in [1.807, 2.05) is 0 Å². The first-order valence-corrected chi connectivity index (χ1v) is 5.51. The molecule has 0 saturated carbocycles. The Morgan fingerprint density at radius 2 is 2.32 bits per heavy atom. The van der Waals surface area contributed by atoms with Gasteiger partial charge >= 0.3 is 11.7 Å². The predicted molar refractivity (Wildman–Crippen MR) is 65.1 cm³/mol. The third kappa shape index (κ3) is 3.50. The summed E-state index contributed by atoms with van der Waals surface area (Å²) in [6.45, 7) is 1.75. The molecule has 9 heteroatoms. The van der Waals surface area contributed by atoms with Gasteiger partial charge in [0.05, 0.1) is 18.0 Å². The largest absolute Gasteiger partial charge is 0.481 e. The minimum atomic E-state index is -0.973. The second-order valence-electron chi connectivity index (χ2n) is 3.66. The molecule has 0 aliphatic carbocycles. The molecule has 0 spiro atoms. The number of rotatable bonds is 7. The van der Waals surface area contributed by atoms with Crippen LogP contribution in [0, 0.1) is 16.0 Å². The van der Waals surface area contributed by atoms with Crippen molar-refractivity contribution in [3.8, 4) is 5.88 Å². The van der Waals surface area contributed by atoms with E-state index >= 15 is 0 Å². The molecular formula is C10H14N4O5. The minimum Gasteiger partial charge on any atom is -0.481 e. The molecule has 2 N–H and O–H groups in total. The normalized spacial score (nSPS) is 11.7. The Morgan fingerprint density at radius 1 is 1.63 bits per heavy atom. The van der Waals surface area contributed by atoms with Crippen LogP contribution in [0.25, 0.3) is 0 Å². The van der Waals surface area contributed by atoms with Crippen molar-refractivity contribution in [3.05, 3.63) is 16.4 Å². The first-order valence-electron chi connectivity index (χ1n) is 5.51. The molecule has 0 bridgehead atoms. The Balaban J connectivity index is 2.95. The number of carboxylic acid groups (broad SMARTS) is 1. The third-order valence-electron chi connectivity index (χ3n) is 2.52. The number of anilines is 1. The fourth-order valence-electron chi connectivity index (χ4n) is 1.43. The van der Waals surface area contributed by atoms with Crippen molar-refractivity contribution >= 4 is 17.5 Å². The summed E-state index contributed by atoms with van der Waals surface area (Å²) in [6.07, 6.45) is 1.51. The van der Waals surface area contributed by atoms with Gasteiger partial charge < -0.3 is 15.2 Å². The van der Waals surface area contributed by atoms with Crippen molar-refractivity contribution in [3.63, 3.8) is 0 Å². The lowest BCUT2D eigenvalue weighted by Crippen LogP contribution is -2.23. The number of ether oxygens (including phenoxy) is 1. The van der Waals surface area contributed by atoms with E-state index in [9.17, 15) is 14.9 Å². The van der Waals surface area contributed by atoms with Gasteiger partial charge in [-0.3, -0.25) is 14.9 Å². The van der Waals surface area contributed by atoms with Gasteiger partial charge in [-0.05, 0) is 6.42 Å². The molecule has 0 fully saturated rings. The van der Waals surface area contributed by atoms with Gasteiger partial charge in [0.2, 0.25) is 5.82 Å². The van der Waals surface area contributed by atoms with Crippen LogP contribution in [0.3, 0.4) is 0 Å². The second kappa shape index (κ2) is 6.47. The predicted octanol–water partition coefficient (Wildman–Crippen LogP) is 0.916. The average molecular weight is 270 g/mol. The number of carboxylic acids is 1. The third-order valence-corrected chi connectivity index (χ3v) is 2.52. The summed E-state index contributed by atoms with van der Waals surface area (Å²) in [5.41, 5.74) is -0.412. The van der Waals surface area contributed by atoms with E-state index in [4.69, 9.17) is 9.84 Å². The number of aromatic nitrogens is 2. The lowest BCUT2D eigenvalue weighted by atomic mass is 10.1. The van der Waals surface area contributed by atoms with Crippen molar-refractivity contribution in [1.82, 2.24) is 9.97 Å². The number of aliphatic carboxylic acids is 1. The zero-order valence-corrected chi connectivity index (χ0v) is 10.5. The van der Waals surface area contributed by atoms with Crippen LogP contribution in [-0.4, -0.2) is 39.6 Å². The first-order chi connectivity index (χ1) is 9.01. The highest BCUT2D eigenvalue weighted by Crippen LogP contribution is 2.30. The number of methoxy groups -OCH3 is 1. The Morgan fingerprint density at radius 3 is 2.79 bits per heavy atom. The van der Waals surface area contributed by atoms with Crippen LogP contribution >= 0.6 is 0 Å². The highest BCUT2D eigenvalue weighted by molar-refractivity contribution is 5.71. The van der Waals surface area contributed by atoms with Gasteiger partial charge in [0.1, 0.15) is 6.33 Å². The number of nitro groups is 1. The van der Waals surface area contributed by atoms with Gasteiger partial charge in [-0.15, -0.1) is 0 Å². The summed E-state index contributed by atoms with van der Waals surface area (Å²) < 4.78 is 4.78. The zero-order chi connectivity index (χ0) is 14.4. The summed E-state index contributed by atoms with van der Waals surface area (Å²) >= 11 is 0. The Labute approximate surface area is 108 Å². The smallest absolute Gasteiger partial charge is 0.372 e. The molecule has 0 aliphatic heterocycles. The van der Waals surface area contributed by atoms with Crippen LogP contribution in [0.2, 0.25) is 0 Å². The van der Waals surface area contributed by atoms with E-state index in [2.05, 4.69) is 15.3 Å². The maximum absolute atomic E-state index is 10.9. The lowest BCUT2D eigenvalue weighted by molar-refractivity contribution is -0.385. The number of carbonyl (C=O) groups is 1. The van der Waals surface area contributed by atoms with Crippen molar-refractivity contribution in [1.29, 1.82) is 0 Å². The molecule has 0 aromatic carbocycles. The van der Waals surface area contributed by atoms with Crippen LogP contribution in [-0.2, 0) is 4.79 Å². The summed E-state index contributed by atoms with van der Waals surface area (Å²) in [5.74, 6) is -1.86. The molecule has 0 aliphatic rings. The standard InChI is InChI=1S/C10H14N4O5/c1-3-6(10(15)16)4-11-8-7(14(17)18)9(19-2)13-5-12-8/h5-6H,3-4H2,1-2H3,(H,15,16)(H,11,12,13). The van der Waals surface area contributed by atoms with Crippen molar-refractivity contribution < 1.29 is 19.6 Å². The van der Waals surface area contributed by atoms with Gasteiger partial charge in [0, 0.05) is 6.54 Å². The highest BCUT2D eigenvalue weighted by Gasteiger charge is 2.25. The SMILES string of the molecule is CCC(CNc1ncnc(OC)c1[N+](=O)[O-])C(=O)O. The fraction of sp³-hybridized carbons (Fsp3) is 0.500. The lowest BCUT2D eigenvalue weighted by Gasteiger charge is -2.11. The molecule has 1 heterocycles. The monoisotopic (exact) mass is 270 g/mol. The van der Waals surface area contributed by atoms with Gasteiger partial charge in [-0.2, -0.15) is 4.98 Å². The molecule has 1 aromatic heterocycles. The molecule has 1 rings (SSSR count). The molecular weight excluding hydrogens is 256 g/mol. The number of nitrogens with zero attached hydrogens (tertiary/aromatic N) is 3. The van der Waals surface area contributed by atoms with E-state index in [0.29, 0.717) is 6.42 Å². The molecule has 1 aromatic rings. The number of hydrogen-bond donors (Lipinski definition) is 2. The van der Waals surface area contributed by atoms with Crippen LogP contribution in [0.15, 0.2) is 6.33 Å². The number of hydrogen-bond acceptors (Lipinski definition) is 7. The van der Waals surface area contributed by atoms with E-state index < -0.39 is 22.5 Å². The molecule has 9 nitrogen and oxygen atoms in total. The van der Waals surface area contributed by atoms with E-state index in [1.165, 1.54) is 7.11 Å². The summed E-state index contributed by atoms with van der Waals surface area (Å²) in [5, 5.41) is 22.5. The van der Waals surface area contributed by atoms with Crippen molar-refractivity contribution in [2.24, 2.45) is 5.92 Å². The van der Waals surface area contributed by atoms with Crippen LogP contribution < -0.4 is 10.1 Å². The van der Waals surface area contributed by atoms with Gasteiger partial charge in [-0.25, -0.2) is 4.98 Å². The molecule has 0 amide bonds. The number of nitrogens with one attached hydrogen (secondary N) is 1. The summed E-state index contributed by atoms with van der Waals surface area (Å²) in [6, 6.07) is 0. The zero-order valence-electron chi connectivity index (χ0n) is 10.5. The van der Waals surface area contributed by atoms with Gasteiger partial charge in [0.25, 0.3) is 5.88 Å². The molecule has 0 radical (unpaired) electrons. The van der Waals surface area contributed by atoms with E-state index in [1.54, 1.807) is 6.92 Å².